The highest BCUT2D eigenvalue weighted by Crippen LogP contribution is 2.26. The minimum atomic E-state index is 0.461. The van der Waals surface area contributed by atoms with Gasteiger partial charge in [0.2, 0.25) is 0 Å². The number of furan rings is 1. The van der Waals surface area contributed by atoms with Crippen LogP contribution in [0.15, 0.2) is 34.9 Å². The summed E-state index contributed by atoms with van der Waals surface area (Å²) >= 11 is 0. The van der Waals surface area contributed by atoms with E-state index in [0.29, 0.717) is 6.04 Å². The van der Waals surface area contributed by atoms with Crippen LogP contribution in [0, 0.1) is 13.8 Å². The van der Waals surface area contributed by atoms with Gasteiger partial charge >= 0.3 is 0 Å². The van der Waals surface area contributed by atoms with Crippen LogP contribution in [0.3, 0.4) is 0 Å². The number of nitrogens with one attached hydrogen (secondary N) is 1. The number of aryl methyl sites for hydroxylation is 2. The maximum absolute atomic E-state index is 5.58. The maximum Gasteiger partial charge on any atom is 0.125 e. The van der Waals surface area contributed by atoms with Crippen molar-refractivity contribution >= 4 is 0 Å². The van der Waals surface area contributed by atoms with Crippen molar-refractivity contribution in [3.05, 3.63) is 47.4 Å². The van der Waals surface area contributed by atoms with Gasteiger partial charge in [-0.25, -0.2) is 0 Å². The van der Waals surface area contributed by atoms with Gasteiger partial charge in [0.05, 0.1) is 12.8 Å². The molecule has 0 bridgehead atoms. The van der Waals surface area contributed by atoms with Crippen LogP contribution in [0.4, 0.5) is 0 Å². The fourth-order valence-corrected chi connectivity index (χ4v) is 1.94. The molecule has 1 N–H and O–H groups in total. The zero-order chi connectivity index (χ0) is 13.1. The zero-order valence-electron chi connectivity index (χ0n) is 11.6. The van der Waals surface area contributed by atoms with E-state index in [1.807, 2.05) is 6.07 Å². The number of hydrogen-bond acceptors (Lipinski definition) is 2. The first-order valence-electron chi connectivity index (χ1n) is 6.45. The van der Waals surface area contributed by atoms with Gasteiger partial charge in [-0.2, -0.15) is 0 Å². The molecule has 0 fully saturated rings. The third-order valence-electron chi connectivity index (χ3n) is 3.23. The Bertz CT molecular complexity index is 526. The monoisotopic (exact) mass is 243 g/mol. The largest absolute Gasteiger partial charge is 0.467 e. The second-order valence-electron chi connectivity index (χ2n) is 5.09. The summed E-state index contributed by atoms with van der Waals surface area (Å²) in [5, 5.41) is 3.39. The van der Waals surface area contributed by atoms with Crippen molar-refractivity contribution in [2.24, 2.45) is 0 Å². The van der Waals surface area contributed by atoms with Crippen molar-refractivity contribution in [2.45, 2.75) is 40.3 Å². The first-order valence-corrected chi connectivity index (χ1v) is 6.45. The number of benzene rings is 1. The van der Waals surface area contributed by atoms with Gasteiger partial charge in [-0.15, -0.1) is 0 Å². The van der Waals surface area contributed by atoms with Gasteiger partial charge in [-0.3, -0.25) is 0 Å². The molecule has 0 saturated carbocycles. The molecular formula is C16H21NO. The lowest BCUT2D eigenvalue weighted by molar-refractivity contribution is 0.466. The van der Waals surface area contributed by atoms with Gasteiger partial charge in [0.1, 0.15) is 5.76 Å². The van der Waals surface area contributed by atoms with Gasteiger partial charge in [0.15, 0.2) is 0 Å². The van der Waals surface area contributed by atoms with Crippen LogP contribution < -0.4 is 5.32 Å². The van der Waals surface area contributed by atoms with Gasteiger partial charge in [0, 0.05) is 11.6 Å². The quantitative estimate of drug-likeness (QED) is 0.876. The van der Waals surface area contributed by atoms with Crippen molar-refractivity contribution in [1.82, 2.24) is 5.32 Å². The van der Waals surface area contributed by atoms with Crippen LogP contribution in [0.2, 0.25) is 0 Å². The summed E-state index contributed by atoms with van der Waals surface area (Å²) in [6, 6.07) is 9.05. The molecule has 1 aromatic heterocycles. The van der Waals surface area contributed by atoms with Gasteiger partial charge in [0.25, 0.3) is 0 Å². The molecule has 0 spiro atoms. The van der Waals surface area contributed by atoms with E-state index >= 15 is 0 Å². The Morgan fingerprint density at radius 1 is 1.11 bits per heavy atom. The Hall–Kier alpha value is -1.54. The van der Waals surface area contributed by atoms with Crippen LogP contribution in [0.25, 0.3) is 11.1 Å². The molecule has 0 aliphatic carbocycles. The minimum absolute atomic E-state index is 0.461. The summed E-state index contributed by atoms with van der Waals surface area (Å²) in [5.74, 6) is 1.01. The molecule has 0 atom stereocenters. The third-order valence-corrected chi connectivity index (χ3v) is 3.23. The first kappa shape index (κ1) is 12.9. The molecule has 96 valence electrons. The van der Waals surface area contributed by atoms with Crippen LogP contribution in [0.1, 0.15) is 30.7 Å². The number of rotatable bonds is 4. The summed E-state index contributed by atoms with van der Waals surface area (Å²) in [6.07, 6.45) is 1.77. The summed E-state index contributed by atoms with van der Waals surface area (Å²) < 4.78 is 5.58. The molecule has 1 aromatic carbocycles. The molecular weight excluding hydrogens is 222 g/mol. The molecule has 0 amide bonds. The normalized spacial score (nSPS) is 11.2. The maximum atomic E-state index is 5.58. The Morgan fingerprint density at radius 3 is 2.56 bits per heavy atom. The van der Waals surface area contributed by atoms with Gasteiger partial charge < -0.3 is 9.73 Å². The molecule has 2 nitrogen and oxygen atoms in total. The van der Waals surface area contributed by atoms with Crippen molar-refractivity contribution < 1.29 is 4.42 Å². The fraction of sp³-hybridized carbons (Fsp3) is 0.375. The van der Waals surface area contributed by atoms with Crippen molar-refractivity contribution in [1.29, 1.82) is 0 Å². The van der Waals surface area contributed by atoms with E-state index in [4.69, 9.17) is 4.42 Å². The van der Waals surface area contributed by atoms with Crippen molar-refractivity contribution in [2.75, 3.05) is 0 Å². The zero-order valence-corrected chi connectivity index (χ0v) is 11.6. The lowest BCUT2D eigenvalue weighted by Gasteiger charge is -2.09. The van der Waals surface area contributed by atoms with E-state index in [2.05, 4.69) is 51.2 Å². The van der Waals surface area contributed by atoms with E-state index in [1.165, 1.54) is 22.3 Å². The second kappa shape index (κ2) is 5.40. The molecule has 0 aliphatic heterocycles. The topological polar surface area (TPSA) is 25.2 Å². The number of hydrogen-bond donors (Lipinski definition) is 1. The van der Waals surface area contributed by atoms with Crippen LogP contribution in [0.5, 0.6) is 0 Å². The van der Waals surface area contributed by atoms with E-state index in [0.717, 1.165) is 12.3 Å². The molecule has 0 unspecified atom stereocenters. The second-order valence-corrected chi connectivity index (χ2v) is 5.09. The lowest BCUT2D eigenvalue weighted by atomic mass is 10.0. The molecule has 0 saturated heterocycles. The van der Waals surface area contributed by atoms with E-state index < -0.39 is 0 Å². The van der Waals surface area contributed by atoms with Crippen LogP contribution in [-0.2, 0) is 6.54 Å². The molecule has 2 rings (SSSR count). The van der Waals surface area contributed by atoms with Crippen molar-refractivity contribution in [3.8, 4) is 11.1 Å². The highest BCUT2D eigenvalue weighted by atomic mass is 16.3. The standard InChI is InChI=1S/C16H21NO/c1-11(2)17-10-16-15(7-8-18-16)14-6-5-12(3)13(4)9-14/h5-9,11,17H,10H2,1-4H3. The van der Waals surface area contributed by atoms with E-state index in [9.17, 15) is 0 Å². The fourth-order valence-electron chi connectivity index (χ4n) is 1.94. The van der Waals surface area contributed by atoms with Crippen LogP contribution >= 0.6 is 0 Å². The molecule has 1 heterocycles. The Labute approximate surface area is 109 Å². The molecule has 2 aromatic rings. The molecule has 2 heteroatoms. The summed E-state index contributed by atoms with van der Waals surface area (Å²) in [6.45, 7) is 9.32. The highest BCUT2D eigenvalue weighted by molar-refractivity contribution is 5.66. The SMILES string of the molecule is Cc1ccc(-c2ccoc2CNC(C)C)cc1C. The average Bonchev–Trinajstić information content (AvgIpc) is 2.78. The predicted octanol–water partition coefficient (Wildman–Crippen LogP) is 4.06. The molecule has 18 heavy (non-hydrogen) atoms. The van der Waals surface area contributed by atoms with Crippen LogP contribution in [-0.4, -0.2) is 6.04 Å². The Kier molecular flexibility index (Phi) is 3.87. The summed E-state index contributed by atoms with van der Waals surface area (Å²) in [7, 11) is 0. The summed E-state index contributed by atoms with van der Waals surface area (Å²) in [5.41, 5.74) is 5.05. The van der Waals surface area contributed by atoms with Gasteiger partial charge in [-0.05, 0) is 36.6 Å². The van der Waals surface area contributed by atoms with E-state index in [-0.39, 0.29) is 0 Å². The van der Waals surface area contributed by atoms with Gasteiger partial charge in [-0.1, -0.05) is 32.0 Å². The summed E-state index contributed by atoms with van der Waals surface area (Å²) in [4.78, 5) is 0. The third kappa shape index (κ3) is 2.82. The highest BCUT2D eigenvalue weighted by Gasteiger charge is 2.09. The first-order chi connectivity index (χ1) is 8.58. The molecule has 0 radical (unpaired) electrons. The Morgan fingerprint density at radius 2 is 1.89 bits per heavy atom. The minimum Gasteiger partial charge on any atom is -0.467 e. The Balaban J connectivity index is 2.27. The predicted molar refractivity (Wildman–Crippen MR) is 75.6 cm³/mol. The smallest absolute Gasteiger partial charge is 0.125 e. The lowest BCUT2D eigenvalue weighted by Crippen LogP contribution is -2.21. The van der Waals surface area contributed by atoms with E-state index in [1.54, 1.807) is 6.26 Å². The average molecular weight is 243 g/mol. The van der Waals surface area contributed by atoms with Crippen molar-refractivity contribution in [3.63, 3.8) is 0 Å². The molecule has 0 aliphatic rings.